The zero-order chi connectivity index (χ0) is 67.7. The van der Waals surface area contributed by atoms with E-state index < -0.39 is 189 Å². The van der Waals surface area contributed by atoms with Crippen LogP contribution in [0.15, 0.2) is 79.4 Å². The van der Waals surface area contributed by atoms with Crippen LogP contribution in [0.2, 0.25) is 0 Å². The predicted octanol–water partition coefficient (Wildman–Crippen LogP) is 0.00830. The van der Waals surface area contributed by atoms with E-state index in [2.05, 4.69) is 44.7 Å². The first kappa shape index (κ1) is 77.2. The Kier molecular flexibility index (Phi) is 23.0. The van der Waals surface area contributed by atoms with Crippen LogP contribution in [-0.2, 0) is 101 Å². The van der Waals surface area contributed by atoms with E-state index in [1.807, 2.05) is 6.92 Å². The molecule has 11 heterocycles. The Labute approximate surface area is 603 Å². The summed E-state index contributed by atoms with van der Waals surface area (Å²) in [6.07, 6.45) is -10.6. The number of hydrogen-bond acceptors (Lipinski definition) is 24. The van der Waals surface area contributed by atoms with Crippen molar-refractivity contribution in [2.24, 2.45) is 5.92 Å². The van der Waals surface area contributed by atoms with Crippen LogP contribution in [0.25, 0.3) is 0 Å². The number of hydrogen-bond donors (Lipinski definition) is 2. The maximum atomic E-state index is 14.7. The summed E-state index contributed by atoms with van der Waals surface area (Å²) in [4.78, 5) is 13.5. The summed E-state index contributed by atoms with van der Waals surface area (Å²) in [6.45, 7) is 22.3. The van der Waals surface area contributed by atoms with Crippen molar-refractivity contribution in [3.63, 3.8) is 0 Å². The molecule has 31 heteroatoms. The predicted molar refractivity (Wildman–Crippen MR) is 318 cm³/mol. The second-order valence-corrected chi connectivity index (χ2v) is 30.8. The third kappa shape index (κ3) is 15.0. The maximum absolute atomic E-state index is 14.7. The number of rotatable bonds is 15. The van der Waals surface area contributed by atoms with Crippen LogP contribution in [0.1, 0.15) is 131 Å². The van der Waals surface area contributed by atoms with Crippen LogP contribution in [0.5, 0.6) is 0 Å². The van der Waals surface area contributed by atoms with E-state index in [1.54, 1.807) is 0 Å². The van der Waals surface area contributed by atoms with Crippen LogP contribution >= 0.6 is 0 Å². The molecule has 28 atom stereocenters. The Balaban J connectivity index is 0.00000501. The summed E-state index contributed by atoms with van der Waals surface area (Å²) in [5, 5.41) is 24.5. The molecule has 11 aliphatic heterocycles. The minimum atomic E-state index is -5.24. The summed E-state index contributed by atoms with van der Waals surface area (Å²) < 4.78 is 209. The molecule has 0 bridgehead atoms. The number of benzene rings is 1. The number of aliphatic hydroxyl groups excluding tert-OH is 1. The zero-order valence-corrected chi connectivity index (χ0v) is 61.3. The van der Waals surface area contributed by atoms with Gasteiger partial charge in [0.1, 0.15) is 41.7 Å². The van der Waals surface area contributed by atoms with E-state index in [9.17, 15) is 54.1 Å². The van der Waals surface area contributed by atoms with Gasteiger partial charge in [-0.3, -0.25) is 8.37 Å². The second-order valence-electron chi connectivity index (χ2n) is 28.7. The fourth-order valence-corrected chi connectivity index (χ4v) is 17.8. The van der Waals surface area contributed by atoms with Gasteiger partial charge < -0.3 is 80.9 Å². The van der Waals surface area contributed by atoms with Gasteiger partial charge in [-0.1, -0.05) is 69.1 Å². The quantitative estimate of drug-likeness (QED) is 0.0583. The SMILES string of the molecule is C=CC(OC(=O)[C@@](OC)(c1ccccc1)C(F)(F)F)C(=C)/C=C\[C@](C)(O)[C@H]1O[C@@H]2C[C@@H]3O[C@H]4C[C@H]5O[C@@H]6C[C@@H]7O[C@@H]8C[C@@H]9O[C@@H]%10C[C@@H]%11O[C@](C)(CCOS(=O)(=O)[O-])[C@H](OS(=O)(=O)[O-])C[C@@H]%11O[C@@H]%10C[C@@H]9O[C@@H]8CC[C@]7(C)O[C@@]6(C)CC[C@H](C)[C@H]5O[C@@H]4[C@H](O)[C@@]3(C)O[C@@H]2CC1=C.[Na+].[Na+]. The summed E-state index contributed by atoms with van der Waals surface area (Å²) in [6, 6.07) is 6.38. The molecule has 2 N–H and O–H groups in total. The topological polar surface area (TPSA) is 310 Å². The summed E-state index contributed by atoms with van der Waals surface area (Å²) in [7, 11) is -9.56. The van der Waals surface area contributed by atoms with Crippen molar-refractivity contribution in [3.05, 3.63) is 85.0 Å². The van der Waals surface area contributed by atoms with Crippen molar-refractivity contribution < 1.29 is 183 Å². The molecule has 0 aliphatic carbocycles. The van der Waals surface area contributed by atoms with Gasteiger partial charge in [-0.15, -0.1) is 0 Å². The van der Waals surface area contributed by atoms with Crippen molar-refractivity contribution in [1.29, 1.82) is 0 Å². The van der Waals surface area contributed by atoms with E-state index in [0.29, 0.717) is 56.9 Å². The number of carbonyl (C=O) groups is 1. The van der Waals surface area contributed by atoms with Crippen molar-refractivity contribution in [2.75, 3.05) is 13.7 Å². The summed E-state index contributed by atoms with van der Waals surface area (Å²) in [5.74, 6) is -1.77. The second kappa shape index (κ2) is 28.6. The third-order valence-electron chi connectivity index (χ3n) is 22.2. The van der Waals surface area contributed by atoms with Crippen LogP contribution in [0.3, 0.4) is 0 Å². The molecule has 0 aromatic heterocycles. The minimum Gasteiger partial charge on any atom is -0.726 e. The third-order valence-corrected chi connectivity index (χ3v) is 23.1. The van der Waals surface area contributed by atoms with Crippen LogP contribution in [0, 0.1) is 5.92 Å². The Hall–Kier alpha value is -1.38. The number of alkyl halides is 3. The minimum absolute atomic E-state index is 0. The molecule has 1 aromatic rings. The number of carbonyl (C=O) groups excluding carboxylic acids is 1. The van der Waals surface area contributed by atoms with Gasteiger partial charge in [0.05, 0.1) is 121 Å². The van der Waals surface area contributed by atoms with Gasteiger partial charge in [-0.05, 0) is 89.9 Å². The van der Waals surface area contributed by atoms with E-state index in [-0.39, 0.29) is 115 Å². The summed E-state index contributed by atoms with van der Waals surface area (Å²) in [5.41, 5.74) is -9.56. The first-order valence-corrected chi connectivity index (χ1v) is 35.1. The monoisotopic (exact) mass is 1420 g/mol. The van der Waals surface area contributed by atoms with Crippen molar-refractivity contribution in [3.8, 4) is 0 Å². The summed E-state index contributed by atoms with van der Waals surface area (Å²) >= 11 is 0. The van der Waals surface area contributed by atoms with Gasteiger partial charge in [-0.25, -0.2) is 21.6 Å². The average molecular weight is 1420 g/mol. The van der Waals surface area contributed by atoms with Crippen molar-refractivity contribution in [2.45, 2.75) is 293 Å². The Morgan fingerprint density at radius 3 is 1.89 bits per heavy atom. The molecule has 0 amide bonds. The van der Waals surface area contributed by atoms with E-state index in [4.69, 9.17) is 65.8 Å². The van der Waals surface area contributed by atoms with Crippen LogP contribution < -0.4 is 59.1 Å². The Bertz CT molecular complexity index is 3280. The molecule has 526 valence electrons. The first-order valence-electron chi connectivity index (χ1n) is 32.5. The normalized spacial score (nSPS) is 44.5. The van der Waals surface area contributed by atoms with Gasteiger partial charge in [-0.2, -0.15) is 13.2 Å². The molecule has 0 saturated carbocycles. The number of fused-ring (bicyclic) bond motifs is 10. The molecule has 12 rings (SSSR count). The fourth-order valence-electron chi connectivity index (χ4n) is 17.0. The van der Waals surface area contributed by atoms with E-state index >= 15 is 0 Å². The van der Waals surface area contributed by atoms with E-state index in [0.717, 1.165) is 31.7 Å². The molecule has 24 nitrogen and oxygen atoms in total. The number of aliphatic hydroxyl groups is 2. The molecule has 96 heavy (non-hydrogen) atoms. The van der Waals surface area contributed by atoms with Gasteiger partial charge in [0.2, 0.25) is 20.8 Å². The van der Waals surface area contributed by atoms with Gasteiger partial charge in [0.15, 0.2) is 0 Å². The zero-order valence-electron chi connectivity index (χ0n) is 55.7. The van der Waals surface area contributed by atoms with Gasteiger partial charge in [0.25, 0.3) is 5.60 Å². The molecule has 11 saturated heterocycles. The molecule has 11 fully saturated rings. The number of esters is 1. The smallest absolute Gasteiger partial charge is 0.726 e. The van der Waals surface area contributed by atoms with E-state index in [1.165, 1.54) is 44.2 Å². The number of halogens is 3. The van der Waals surface area contributed by atoms with Crippen molar-refractivity contribution >= 4 is 26.8 Å². The Morgan fingerprint density at radius 1 is 0.729 bits per heavy atom. The standard InChI is InChI=1S/C65H89F3O24S2.2Na/c1-11-37(87-58(70)64(78-10,65(66,67)68)36-15-13-12-14-16-36)33(2)17-20-59(5,71)57-35(4)25-46-45(86-57)31-53-63(9,90-46)56(69)55-49(85-53)29-48-54(88-55)34(3)18-21-61(7)51(84-48)32-50-62(8,92-61)22-19-38-39(83-50)26-41-40(80-38)27-42-43(81-41)28-47-44(82-42)30-52(91-94(75,76)77)60(6,89-47)23-24-79-93(72,73)74;;/h11-17,20,34,37-57,69,71H,1-2,4,18-19,21-32H2,3,5-10H3,(H,72,73,74)(H,75,76,77);;/q;2*+1/p-2/b20-17-;;/t34-,37?,38+,39+,40-,41-,42+,43+,44-,45+,46+,47-,48+,49-,50-,51+,52+,53-,54+,55-,56-,57-,59-,60+,61-,62-,63-,64-;;/m0../s1. The van der Waals surface area contributed by atoms with Crippen LogP contribution in [0.4, 0.5) is 13.2 Å². The molecular weight excluding hydrogens is 1330 g/mol. The van der Waals surface area contributed by atoms with Crippen molar-refractivity contribution in [1.82, 2.24) is 0 Å². The molecular formula is C65H87F3Na2O24S2. The first-order chi connectivity index (χ1) is 44.0. The van der Waals surface area contributed by atoms with Gasteiger partial charge >= 0.3 is 71.3 Å². The maximum Gasteiger partial charge on any atom is 1.00 e. The molecule has 1 aromatic carbocycles. The molecule has 0 spiro atoms. The number of methoxy groups -OCH3 is 1. The average Bonchev–Trinajstić information content (AvgIpc) is 0.862. The molecule has 0 radical (unpaired) electrons. The van der Waals surface area contributed by atoms with Gasteiger partial charge in [0, 0.05) is 64.0 Å². The number of ether oxygens (including phenoxy) is 13. The largest absolute Gasteiger partial charge is 1.00 e. The van der Waals surface area contributed by atoms with Crippen LogP contribution in [-0.4, -0.2) is 218 Å². The fraction of sp³-hybridized carbons (Fsp3) is 0.769. The molecule has 11 aliphatic rings. The Morgan fingerprint density at radius 2 is 1.28 bits per heavy atom. The molecule has 1 unspecified atom stereocenters.